The predicted octanol–water partition coefficient (Wildman–Crippen LogP) is 2.63. The van der Waals surface area contributed by atoms with Crippen LogP contribution in [0.5, 0.6) is 5.75 Å². The van der Waals surface area contributed by atoms with Crippen molar-refractivity contribution in [3.63, 3.8) is 0 Å². The number of nitrogens with zero attached hydrogens (tertiary/aromatic N) is 2. The van der Waals surface area contributed by atoms with Crippen LogP contribution in [0.1, 0.15) is 29.5 Å². The molecular formula is C20H26N2O3. The largest absolute Gasteiger partial charge is 0.492 e. The first-order valence-corrected chi connectivity index (χ1v) is 9.15. The Kier molecular flexibility index (Phi) is 5.06. The number of hydrogen-bond acceptors (Lipinski definition) is 5. The van der Waals surface area contributed by atoms with Gasteiger partial charge in [0.05, 0.1) is 18.6 Å². The molecule has 5 heteroatoms. The number of rotatable bonds is 4. The maximum Gasteiger partial charge on any atom is 0.123 e. The normalized spacial score (nSPS) is 20.0. The van der Waals surface area contributed by atoms with Crippen molar-refractivity contribution >= 4 is 0 Å². The van der Waals surface area contributed by atoms with E-state index in [9.17, 15) is 5.11 Å². The Morgan fingerprint density at radius 1 is 1.00 bits per heavy atom. The lowest BCUT2D eigenvalue weighted by Gasteiger charge is -2.29. The molecular weight excluding hydrogens is 316 g/mol. The Labute approximate surface area is 148 Å². The number of aliphatic hydroxyl groups is 1. The maximum absolute atomic E-state index is 9.66. The van der Waals surface area contributed by atoms with E-state index >= 15 is 0 Å². The third kappa shape index (κ3) is 4.24. The number of hydrogen-bond donors (Lipinski definition) is 1. The first-order valence-electron chi connectivity index (χ1n) is 9.15. The van der Waals surface area contributed by atoms with Gasteiger partial charge in [-0.25, -0.2) is 0 Å². The summed E-state index contributed by atoms with van der Waals surface area (Å²) in [5.41, 5.74) is 3.78. The van der Waals surface area contributed by atoms with Crippen LogP contribution in [0.3, 0.4) is 0 Å². The number of benzene rings is 1. The van der Waals surface area contributed by atoms with Crippen LogP contribution in [0.2, 0.25) is 0 Å². The number of ether oxygens (including phenoxy) is 1. The topological polar surface area (TPSA) is 49.1 Å². The van der Waals surface area contributed by atoms with Crippen LogP contribution >= 0.6 is 0 Å². The van der Waals surface area contributed by atoms with Crippen molar-refractivity contribution in [2.75, 3.05) is 26.2 Å². The van der Waals surface area contributed by atoms with E-state index in [-0.39, 0.29) is 6.10 Å². The zero-order valence-corrected chi connectivity index (χ0v) is 14.6. The van der Waals surface area contributed by atoms with Crippen LogP contribution in [0.4, 0.5) is 0 Å². The molecule has 3 heterocycles. The maximum atomic E-state index is 9.66. The van der Waals surface area contributed by atoms with E-state index in [1.54, 1.807) is 6.26 Å². The molecule has 0 bridgehead atoms. The Morgan fingerprint density at radius 2 is 1.84 bits per heavy atom. The predicted molar refractivity (Wildman–Crippen MR) is 95.3 cm³/mol. The minimum atomic E-state index is -0.117. The lowest BCUT2D eigenvalue weighted by molar-refractivity contribution is 0.0792. The molecule has 25 heavy (non-hydrogen) atoms. The third-order valence-electron chi connectivity index (χ3n) is 5.13. The average Bonchev–Trinajstić information content (AvgIpc) is 3.03. The highest BCUT2D eigenvalue weighted by atomic mass is 16.5. The van der Waals surface area contributed by atoms with Crippen molar-refractivity contribution in [1.82, 2.24) is 9.80 Å². The van der Waals surface area contributed by atoms with Crippen LogP contribution in [0.15, 0.2) is 41.2 Å². The van der Waals surface area contributed by atoms with Crippen molar-refractivity contribution < 1.29 is 14.3 Å². The van der Waals surface area contributed by atoms with Gasteiger partial charge < -0.3 is 14.3 Å². The van der Waals surface area contributed by atoms with Gasteiger partial charge in [-0.2, -0.15) is 0 Å². The van der Waals surface area contributed by atoms with Crippen molar-refractivity contribution in [1.29, 1.82) is 0 Å². The summed E-state index contributed by atoms with van der Waals surface area (Å²) in [6.45, 7) is 6.30. The van der Waals surface area contributed by atoms with Gasteiger partial charge in [0.2, 0.25) is 0 Å². The van der Waals surface area contributed by atoms with E-state index in [1.165, 1.54) is 16.7 Å². The van der Waals surface area contributed by atoms with Crippen molar-refractivity contribution in [3.8, 4) is 5.75 Å². The summed E-state index contributed by atoms with van der Waals surface area (Å²) in [4.78, 5) is 4.83. The van der Waals surface area contributed by atoms with Crippen LogP contribution in [0, 0.1) is 0 Å². The van der Waals surface area contributed by atoms with Gasteiger partial charge in [0.1, 0.15) is 12.4 Å². The minimum Gasteiger partial charge on any atom is -0.492 e. The number of likely N-dealkylation sites (tertiary alicyclic amines) is 1. The zero-order valence-electron chi connectivity index (χ0n) is 14.6. The summed E-state index contributed by atoms with van der Waals surface area (Å²) in [6, 6.07) is 8.60. The molecule has 4 rings (SSSR count). The lowest BCUT2D eigenvalue weighted by atomic mass is 10.1. The second-order valence-corrected chi connectivity index (χ2v) is 7.14. The van der Waals surface area contributed by atoms with Gasteiger partial charge in [-0.1, -0.05) is 6.07 Å². The van der Waals surface area contributed by atoms with Gasteiger partial charge >= 0.3 is 0 Å². The highest BCUT2D eigenvalue weighted by molar-refractivity contribution is 5.38. The fourth-order valence-electron chi connectivity index (χ4n) is 3.71. The van der Waals surface area contributed by atoms with Crippen LogP contribution in [-0.4, -0.2) is 47.3 Å². The first kappa shape index (κ1) is 16.6. The van der Waals surface area contributed by atoms with Gasteiger partial charge in [-0.05, 0) is 36.6 Å². The summed E-state index contributed by atoms with van der Waals surface area (Å²) in [5, 5.41) is 9.66. The lowest BCUT2D eigenvalue weighted by Crippen LogP contribution is -2.35. The first-order chi connectivity index (χ1) is 12.3. The molecule has 0 atom stereocenters. The fraction of sp³-hybridized carbons (Fsp3) is 0.500. The summed E-state index contributed by atoms with van der Waals surface area (Å²) < 4.78 is 11.1. The van der Waals surface area contributed by atoms with Crippen LogP contribution < -0.4 is 4.74 Å². The van der Waals surface area contributed by atoms with E-state index in [0.29, 0.717) is 6.61 Å². The van der Waals surface area contributed by atoms with E-state index in [2.05, 4.69) is 28.0 Å². The summed E-state index contributed by atoms with van der Waals surface area (Å²) >= 11 is 0. The Balaban J connectivity index is 1.44. The van der Waals surface area contributed by atoms with Crippen LogP contribution in [-0.2, 0) is 19.6 Å². The third-order valence-corrected chi connectivity index (χ3v) is 5.13. The second kappa shape index (κ2) is 7.60. The van der Waals surface area contributed by atoms with E-state index in [4.69, 9.17) is 9.15 Å². The molecule has 0 saturated carbocycles. The monoisotopic (exact) mass is 342 g/mol. The molecule has 134 valence electrons. The number of fused-ring (bicyclic) bond motifs is 1. The minimum absolute atomic E-state index is 0.117. The standard InChI is InChI=1S/C20H26N2O3/c23-19-3-6-21(7-4-19)12-16-1-2-20-18(11-16)14-22(8-10-25-20)13-17-5-9-24-15-17/h1-2,5,9,11,15,19,23H,3-4,6-8,10,12-14H2. The molecule has 0 amide bonds. The smallest absolute Gasteiger partial charge is 0.123 e. The fourth-order valence-corrected chi connectivity index (χ4v) is 3.71. The Bertz CT molecular complexity index is 678. The molecule has 0 aliphatic carbocycles. The van der Waals surface area contributed by atoms with Crippen LogP contribution in [0.25, 0.3) is 0 Å². The molecule has 0 unspecified atom stereocenters. The van der Waals surface area contributed by atoms with E-state index in [0.717, 1.165) is 57.9 Å². The average molecular weight is 342 g/mol. The summed E-state index contributed by atoms with van der Waals surface area (Å²) in [5.74, 6) is 1.01. The molecule has 5 nitrogen and oxygen atoms in total. The number of aliphatic hydroxyl groups excluding tert-OH is 1. The van der Waals surface area contributed by atoms with Crippen molar-refractivity contribution in [2.24, 2.45) is 0 Å². The Morgan fingerprint density at radius 3 is 2.64 bits per heavy atom. The number of piperidine rings is 1. The highest BCUT2D eigenvalue weighted by Crippen LogP contribution is 2.26. The summed E-state index contributed by atoms with van der Waals surface area (Å²) in [6.07, 6.45) is 5.19. The number of furan rings is 1. The van der Waals surface area contributed by atoms with E-state index < -0.39 is 0 Å². The second-order valence-electron chi connectivity index (χ2n) is 7.14. The van der Waals surface area contributed by atoms with Gasteiger partial charge in [-0.3, -0.25) is 9.80 Å². The molecule has 0 spiro atoms. The van der Waals surface area contributed by atoms with Gasteiger partial charge in [0, 0.05) is 50.4 Å². The Hall–Kier alpha value is -1.82. The molecule has 2 aliphatic rings. The van der Waals surface area contributed by atoms with Gasteiger partial charge in [0.25, 0.3) is 0 Å². The molecule has 2 aliphatic heterocycles. The molecule has 1 saturated heterocycles. The van der Waals surface area contributed by atoms with Gasteiger partial charge in [0.15, 0.2) is 0 Å². The van der Waals surface area contributed by atoms with E-state index in [1.807, 2.05) is 12.3 Å². The zero-order chi connectivity index (χ0) is 17.1. The molecule has 2 aromatic rings. The summed E-state index contributed by atoms with van der Waals surface area (Å²) in [7, 11) is 0. The molecule has 1 N–H and O–H groups in total. The van der Waals surface area contributed by atoms with Gasteiger partial charge in [-0.15, -0.1) is 0 Å². The molecule has 1 aromatic carbocycles. The molecule has 1 aromatic heterocycles. The molecule has 0 radical (unpaired) electrons. The quantitative estimate of drug-likeness (QED) is 0.926. The molecule has 1 fully saturated rings. The SMILES string of the molecule is OC1CCN(Cc2ccc3c(c2)CN(Cc2ccoc2)CCO3)CC1. The van der Waals surface area contributed by atoms with Crippen molar-refractivity contribution in [3.05, 3.63) is 53.5 Å². The van der Waals surface area contributed by atoms with Crippen molar-refractivity contribution in [2.45, 2.75) is 38.6 Å². The highest BCUT2D eigenvalue weighted by Gasteiger charge is 2.19.